The minimum absolute atomic E-state index is 0.152. The Morgan fingerprint density at radius 1 is 1.55 bits per heavy atom. The molecule has 1 fully saturated rings. The number of methoxy groups -OCH3 is 1. The molecule has 1 aromatic rings. The number of aryl methyl sites for hydroxylation is 1. The Kier molecular flexibility index (Phi) is 6.34. The van der Waals surface area contributed by atoms with E-state index in [1.165, 1.54) is 5.56 Å². The molecule has 0 bridgehead atoms. The molecule has 1 aromatic heterocycles. The zero-order valence-corrected chi connectivity index (χ0v) is 13.5. The highest BCUT2D eigenvalue weighted by atomic mass is 16.5. The number of carbonyl (C=O) groups is 1. The Morgan fingerprint density at radius 2 is 2.41 bits per heavy atom. The number of piperidine rings is 1. The Balaban J connectivity index is 1.91. The second-order valence-electron chi connectivity index (χ2n) is 6.23. The number of primary amides is 1. The topological polar surface area (TPSA) is 68.4 Å². The summed E-state index contributed by atoms with van der Waals surface area (Å²) in [6, 6.07) is 4.03. The molecule has 22 heavy (non-hydrogen) atoms. The van der Waals surface area contributed by atoms with Crippen molar-refractivity contribution in [2.45, 2.75) is 32.1 Å². The number of rotatable bonds is 8. The predicted molar refractivity (Wildman–Crippen MR) is 86.4 cm³/mol. The molecule has 0 aliphatic carbocycles. The zero-order chi connectivity index (χ0) is 15.8. The highest BCUT2D eigenvalue weighted by molar-refractivity contribution is 5.81. The van der Waals surface area contributed by atoms with Gasteiger partial charge in [-0.25, -0.2) is 0 Å². The molecule has 0 saturated carbocycles. The quantitative estimate of drug-likeness (QED) is 0.792. The molecular formula is C17H27N3O2. The maximum absolute atomic E-state index is 12.1. The van der Waals surface area contributed by atoms with Crippen LogP contribution < -0.4 is 5.73 Å². The lowest BCUT2D eigenvalue weighted by Gasteiger charge is -2.40. The van der Waals surface area contributed by atoms with Crippen LogP contribution >= 0.6 is 0 Å². The van der Waals surface area contributed by atoms with E-state index in [1.807, 2.05) is 12.3 Å². The van der Waals surface area contributed by atoms with Gasteiger partial charge >= 0.3 is 0 Å². The average Bonchev–Trinajstić information content (AvgIpc) is 2.54. The van der Waals surface area contributed by atoms with Gasteiger partial charge in [-0.2, -0.15) is 0 Å². The van der Waals surface area contributed by atoms with E-state index in [2.05, 4.69) is 16.0 Å². The van der Waals surface area contributed by atoms with Gasteiger partial charge in [0.1, 0.15) is 0 Å². The van der Waals surface area contributed by atoms with Crippen LogP contribution in [0.3, 0.4) is 0 Å². The summed E-state index contributed by atoms with van der Waals surface area (Å²) in [5.74, 6) is -0.152. The van der Waals surface area contributed by atoms with Crippen LogP contribution in [-0.4, -0.2) is 49.1 Å². The molecule has 5 nitrogen and oxygen atoms in total. The van der Waals surface area contributed by atoms with Crippen molar-refractivity contribution in [3.8, 4) is 0 Å². The van der Waals surface area contributed by atoms with Crippen LogP contribution in [0.2, 0.25) is 0 Å². The third-order valence-corrected chi connectivity index (χ3v) is 4.63. The van der Waals surface area contributed by atoms with Crippen LogP contribution in [-0.2, 0) is 16.0 Å². The van der Waals surface area contributed by atoms with Crippen molar-refractivity contribution in [2.24, 2.45) is 11.1 Å². The van der Waals surface area contributed by atoms with E-state index in [1.54, 1.807) is 13.3 Å². The number of hydrogen-bond acceptors (Lipinski definition) is 4. The number of amides is 1. The van der Waals surface area contributed by atoms with Gasteiger partial charge in [0, 0.05) is 32.6 Å². The molecule has 0 spiro atoms. The van der Waals surface area contributed by atoms with E-state index < -0.39 is 0 Å². The van der Waals surface area contributed by atoms with Gasteiger partial charge in [0.25, 0.3) is 0 Å². The first kappa shape index (κ1) is 16.9. The van der Waals surface area contributed by atoms with Gasteiger partial charge in [0.15, 0.2) is 0 Å². The Morgan fingerprint density at radius 3 is 3.09 bits per heavy atom. The molecule has 0 radical (unpaired) electrons. The molecule has 5 heteroatoms. The number of aromatic nitrogens is 1. The Hall–Kier alpha value is -1.46. The molecule has 2 N–H and O–H groups in total. The Labute approximate surface area is 132 Å². The highest BCUT2D eigenvalue weighted by Gasteiger charge is 2.39. The number of likely N-dealkylation sites (tertiary alicyclic amines) is 1. The molecule has 1 aliphatic heterocycles. The van der Waals surface area contributed by atoms with Crippen LogP contribution in [0.5, 0.6) is 0 Å². The van der Waals surface area contributed by atoms with E-state index in [9.17, 15) is 4.79 Å². The summed E-state index contributed by atoms with van der Waals surface area (Å²) in [6.07, 6.45) is 8.36. The smallest absolute Gasteiger partial charge is 0.224 e. The van der Waals surface area contributed by atoms with Crippen LogP contribution in [0.4, 0.5) is 0 Å². The molecule has 1 aliphatic rings. The van der Waals surface area contributed by atoms with Crippen molar-refractivity contribution in [1.82, 2.24) is 9.88 Å². The lowest BCUT2D eigenvalue weighted by atomic mass is 9.75. The third-order valence-electron chi connectivity index (χ3n) is 4.63. The predicted octanol–water partition coefficient (Wildman–Crippen LogP) is 1.62. The molecular weight excluding hydrogens is 278 g/mol. The summed E-state index contributed by atoms with van der Waals surface area (Å²) in [4.78, 5) is 18.5. The van der Waals surface area contributed by atoms with E-state index in [0.29, 0.717) is 6.61 Å². The number of pyridine rings is 1. The summed E-state index contributed by atoms with van der Waals surface area (Å²) in [5, 5.41) is 0. The fourth-order valence-corrected chi connectivity index (χ4v) is 3.34. The molecule has 2 heterocycles. The van der Waals surface area contributed by atoms with Gasteiger partial charge in [-0.3, -0.25) is 14.7 Å². The average molecular weight is 305 g/mol. The summed E-state index contributed by atoms with van der Waals surface area (Å²) in [7, 11) is 1.71. The molecule has 1 amide bonds. The fraction of sp³-hybridized carbons (Fsp3) is 0.647. The highest BCUT2D eigenvalue weighted by Crippen LogP contribution is 2.34. The van der Waals surface area contributed by atoms with Crippen LogP contribution in [0, 0.1) is 5.41 Å². The normalized spacial score (nSPS) is 22.6. The van der Waals surface area contributed by atoms with E-state index >= 15 is 0 Å². The second-order valence-corrected chi connectivity index (χ2v) is 6.23. The van der Waals surface area contributed by atoms with Crippen molar-refractivity contribution in [1.29, 1.82) is 0 Å². The first-order valence-corrected chi connectivity index (χ1v) is 8.06. The fourth-order valence-electron chi connectivity index (χ4n) is 3.34. The zero-order valence-electron chi connectivity index (χ0n) is 13.5. The van der Waals surface area contributed by atoms with Gasteiger partial charge in [0.05, 0.1) is 12.0 Å². The van der Waals surface area contributed by atoms with Gasteiger partial charge in [-0.15, -0.1) is 0 Å². The number of hydrogen-bond donors (Lipinski definition) is 1. The van der Waals surface area contributed by atoms with Gasteiger partial charge in [0.2, 0.25) is 5.91 Å². The van der Waals surface area contributed by atoms with E-state index in [-0.39, 0.29) is 11.3 Å². The summed E-state index contributed by atoms with van der Waals surface area (Å²) in [6.45, 7) is 3.36. The number of nitrogens with zero attached hydrogens (tertiary/aromatic N) is 2. The standard InChI is InChI=1S/C17H27N3O2/c1-22-12-11-20-10-4-8-17(14-20,16(18)21)7-2-5-15-6-3-9-19-13-15/h3,6,9,13H,2,4-5,7-8,10-12,14H2,1H3,(H2,18,21)/t17-/m1/s1. The van der Waals surface area contributed by atoms with Gasteiger partial charge < -0.3 is 10.5 Å². The summed E-state index contributed by atoms with van der Waals surface area (Å²) < 4.78 is 5.15. The van der Waals surface area contributed by atoms with Crippen LogP contribution in [0.15, 0.2) is 24.5 Å². The molecule has 2 rings (SSSR count). The number of ether oxygens (including phenoxy) is 1. The molecule has 0 unspecified atom stereocenters. The van der Waals surface area contributed by atoms with Crippen molar-refractivity contribution < 1.29 is 9.53 Å². The second kappa shape index (κ2) is 8.25. The summed E-state index contributed by atoms with van der Waals surface area (Å²) in [5.41, 5.74) is 6.60. The maximum Gasteiger partial charge on any atom is 0.224 e. The van der Waals surface area contributed by atoms with Gasteiger partial charge in [-0.05, 0) is 50.3 Å². The number of carbonyl (C=O) groups excluding carboxylic acids is 1. The monoisotopic (exact) mass is 305 g/mol. The molecule has 122 valence electrons. The third kappa shape index (κ3) is 4.52. The molecule has 0 aromatic carbocycles. The molecule has 1 saturated heterocycles. The van der Waals surface area contributed by atoms with Crippen molar-refractivity contribution in [3.05, 3.63) is 30.1 Å². The van der Waals surface area contributed by atoms with Crippen molar-refractivity contribution in [2.75, 3.05) is 33.4 Å². The van der Waals surface area contributed by atoms with Crippen molar-refractivity contribution in [3.63, 3.8) is 0 Å². The first-order chi connectivity index (χ1) is 10.7. The number of nitrogens with two attached hydrogens (primary N) is 1. The van der Waals surface area contributed by atoms with E-state index in [4.69, 9.17) is 10.5 Å². The van der Waals surface area contributed by atoms with Gasteiger partial charge in [-0.1, -0.05) is 6.07 Å². The SMILES string of the molecule is COCCN1CCC[C@@](CCCc2cccnc2)(C(N)=O)C1. The maximum atomic E-state index is 12.1. The largest absolute Gasteiger partial charge is 0.383 e. The van der Waals surface area contributed by atoms with Crippen LogP contribution in [0.25, 0.3) is 0 Å². The molecule has 1 atom stereocenters. The first-order valence-electron chi connectivity index (χ1n) is 8.06. The van der Waals surface area contributed by atoms with E-state index in [0.717, 1.165) is 51.7 Å². The minimum Gasteiger partial charge on any atom is -0.383 e. The minimum atomic E-state index is -0.381. The Bertz CT molecular complexity index is 466. The lowest BCUT2D eigenvalue weighted by Crippen LogP contribution is -2.51. The van der Waals surface area contributed by atoms with Crippen LogP contribution in [0.1, 0.15) is 31.2 Å². The van der Waals surface area contributed by atoms with Crippen molar-refractivity contribution >= 4 is 5.91 Å². The summed E-state index contributed by atoms with van der Waals surface area (Å²) >= 11 is 0. The lowest BCUT2D eigenvalue weighted by molar-refractivity contribution is -0.131.